The summed E-state index contributed by atoms with van der Waals surface area (Å²) in [6, 6.07) is 67.9. The molecule has 354 valence electrons. The lowest BCUT2D eigenvalue weighted by atomic mass is 9.33. The van der Waals surface area contributed by atoms with Crippen LogP contribution in [0.1, 0.15) is 116 Å². The van der Waals surface area contributed by atoms with Crippen molar-refractivity contribution in [2.24, 2.45) is 0 Å². The van der Waals surface area contributed by atoms with Gasteiger partial charge in [0.05, 0.1) is 11.2 Å². The van der Waals surface area contributed by atoms with Crippen LogP contribution in [0.3, 0.4) is 0 Å². The molecule has 0 bridgehead atoms. The van der Waals surface area contributed by atoms with Gasteiger partial charge < -0.3 is 14.7 Å². The molecule has 8 aromatic rings. The van der Waals surface area contributed by atoms with Crippen LogP contribution in [0.25, 0.3) is 22.3 Å². The van der Waals surface area contributed by atoms with Gasteiger partial charge in [0.1, 0.15) is 0 Å². The second kappa shape index (κ2) is 16.7. The van der Waals surface area contributed by atoms with Gasteiger partial charge >= 0.3 is 0 Å². The average Bonchev–Trinajstić information content (AvgIpc) is 3.54. The molecule has 0 aromatic heterocycles. The lowest BCUT2D eigenvalue weighted by molar-refractivity contribution is 0.218. The van der Waals surface area contributed by atoms with Crippen LogP contribution in [-0.4, -0.2) is 12.3 Å². The van der Waals surface area contributed by atoms with Gasteiger partial charge in [-0.2, -0.15) is 0 Å². The molecule has 3 nitrogen and oxygen atoms in total. The Labute approximate surface area is 424 Å². The predicted molar refractivity (Wildman–Crippen MR) is 306 cm³/mol. The van der Waals surface area contributed by atoms with Crippen molar-refractivity contribution in [3.63, 3.8) is 0 Å². The highest BCUT2D eigenvalue weighted by Gasteiger charge is 2.56. The number of benzene rings is 8. The van der Waals surface area contributed by atoms with E-state index in [0.717, 1.165) is 6.42 Å². The van der Waals surface area contributed by atoms with Crippen molar-refractivity contribution in [3.8, 4) is 22.3 Å². The molecule has 71 heavy (non-hydrogen) atoms. The van der Waals surface area contributed by atoms with Crippen LogP contribution < -0.4 is 31.1 Å². The summed E-state index contributed by atoms with van der Waals surface area (Å²) in [7, 11) is 0. The van der Waals surface area contributed by atoms with E-state index in [9.17, 15) is 0 Å². The molecule has 0 N–H and O–H groups in total. The van der Waals surface area contributed by atoms with E-state index < -0.39 is 0 Å². The Hall–Kier alpha value is -6.78. The van der Waals surface area contributed by atoms with E-state index in [1.54, 1.807) is 0 Å². The second-order valence-electron chi connectivity index (χ2n) is 23.7. The lowest BCUT2D eigenvalue weighted by Crippen LogP contribution is -2.61. The summed E-state index contributed by atoms with van der Waals surface area (Å²) in [4.78, 5) is 8.02. The molecular formula is C67H68BN3. The van der Waals surface area contributed by atoms with Crippen LogP contribution >= 0.6 is 0 Å². The molecule has 4 aliphatic rings. The van der Waals surface area contributed by atoms with E-state index in [0.29, 0.717) is 0 Å². The quantitative estimate of drug-likeness (QED) is 0.159. The first-order chi connectivity index (χ1) is 34.1. The van der Waals surface area contributed by atoms with Gasteiger partial charge in [0.25, 0.3) is 6.71 Å². The molecular weight excluding hydrogens is 858 g/mol. The van der Waals surface area contributed by atoms with E-state index in [4.69, 9.17) is 0 Å². The van der Waals surface area contributed by atoms with E-state index >= 15 is 0 Å². The van der Waals surface area contributed by atoms with Crippen LogP contribution in [0.2, 0.25) is 0 Å². The van der Waals surface area contributed by atoms with Crippen molar-refractivity contribution < 1.29 is 0 Å². The Kier molecular flexibility index (Phi) is 10.6. The minimum Gasteiger partial charge on any atom is -0.334 e. The number of para-hydroxylation sites is 1. The minimum absolute atomic E-state index is 0.0195. The van der Waals surface area contributed by atoms with Gasteiger partial charge in [-0.15, -0.1) is 0 Å². The van der Waals surface area contributed by atoms with E-state index in [2.05, 4.69) is 253 Å². The van der Waals surface area contributed by atoms with Crippen molar-refractivity contribution in [2.45, 2.75) is 123 Å². The van der Waals surface area contributed by atoms with Crippen molar-refractivity contribution in [2.75, 3.05) is 14.7 Å². The zero-order valence-electron chi connectivity index (χ0n) is 43.4. The highest BCUT2D eigenvalue weighted by Crippen LogP contribution is 2.60. The standard InChI is InChI=1S/C67H68BN3/c1-45-40-61-63-62(41-45)70(57-37-31-50(65(5,6)7)43-53(57)47-24-16-13-17-25-47)59-36-28-48(46-22-14-12-15-23-46)42-56(59)68(63)55-35-34-52(44-60(55)69(61)51-32-29-49(30-33-51)64(2,3)4)71-58-27-19-18-26-54(58)66(8)38-20-10-11-21-39-67(66,71)9/h12-19,22-37,40-44H,10-11,20-21,38-39H2,1-9H3. The number of nitrogens with zero attached hydrogens (tertiary/aromatic N) is 3. The second-order valence-corrected chi connectivity index (χ2v) is 23.7. The molecule has 0 amide bonds. The number of hydrogen-bond donors (Lipinski definition) is 0. The number of anilines is 8. The van der Waals surface area contributed by atoms with Crippen LogP contribution in [0.4, 0.5) is 45.5 Å². The zero-order valence-corrected chi connectivity index (χ0v) is 43.4. The molecule has 0 saturated heterocycles. The third-order valence-corrected chi connectivity index (χ3v) is 17.3. The third-order valence-electron chi connectivity index (χ3n) is 17.3. The fraction of sp³-hybridized carbons (Fsp3) is 0.284. The van der Waals surface area contributed by atoms with Crippen LogP contribution in [0, 0.1) is 6.92 Å². The van der Waals surface area contributed by atoms with E-state index in [1.807, 2.05) is 0 Å². The van der Waals surface area contributed by atoms with Crippen LogP contribution in [0.5, 0.6) is 0 Å². The van der Waals surface area contributed by atoms with E-state index in [-0.39, 0.29) is 28.5 Å². The Balaban J connectivity index is 1.15. The first-order valence-corrected chi connectivity index (χ1v) is 26.4. The maximum atomic E-state index is 2.78. The number of fused-ring (bicyclic) bond motifs is 7. The lowest BCUT2D eigenvalue weighted by Gasteiger charge is -2.49. The molecule has 3 heterocycles. The van der Waals surface area contributed by atoms with Gasteiger partial charge in [-0.1, -0.05) is 189 Å². The highest BCUT2D eigenvalue weighted by molar-refractivity contribution is 7.00. The third kappa shape index (κ3) is 7.22. The molecule has 0 radical (unpaired) electrons. The summed E-state index contributed by atoms with van der Waals surface area (Å²) >= 11 is 0. The minimum atomic E-state index is -0.0810. The van der Waals surface area contributed by atoms with Gasteiger partial charge in [-0.05, 0) is 154 Å². The van der Waals surface area contributed by atoms with E-state index in [1.165, 1.54) is 138 Å². The number of aryl methyl sites for hydroxylation is 1. The molecule has 4 heteroatoms. The fourth-order valence-electron chi connectivity index (χ4n) is 13.2. The molecule has 1 saturated carbocycles. The van der Waals surface area contributed by atoms with Gasteiger partial charge in [0.15, 0.2) is 0 Å². The maximum Gasteiger partial charge on any atom is 0.252 e. The SMILES string of the molecule is Cc1cc2c3c(c1)N(c1ccc(C(C)(C)C)cc1-c1ccccc1)c1ccc(-c4ccccc4)cc1B3c1ccc(N3c4ccccc4C4(C)CCCCCCC34C)cc1N2c1ccc(C(C)(C)C)cc1. The molecule has 2 unspecified atom stereocenters. The maximum absolute atomic E-state index is 2.78. The van der Waals surface area contributed by atoms with Crippen molar-refractivity contribution in [1.82, 2.24) is 0 Å². The topological polar surface area (TPSA) is 9.72 Å². The average molecular weight is 926 g/mol. The molecule has 1 aliphatic carbocycles. The summed E-state index contributed by atoms with van der Waals surface area (Å²) in [5.74, 6) is 0. The van der Waals surface area contributed by atoms with Gasteiger partial charge in [-0.3, -0.25) is 0 Å². The highest BCUT2D eigenvalue weighted by atomic mass is 15.3. The fourth-order valence-corrected chi connectivity index (χ4v) is 13.2. The summed E-state index contributed by atoms with van der Waals surface area (Å²) in [6.45, 7) is 21.4. The summed E-state index contributed by atoms with van der Waals surface area (Å²) < 4.78 is 0. The zero-order chi connectivity index (χ0) is 49.0. The molecule has 12 rings (SSSR count). The first-order valence-electron chi connectivity index (χ1n) is 26.4. The molecule has 8 aromatic carbocycles. The molecule has 0 spiro atoms. The smallest absolute Gasteiger partial charge is 0.252 e. The Morgan fingerprint density at radius 1 is 0.437 bits per heavy atom. The molecule has 3 aliphatic heterocycles. The predicted octanol–water partition coefficient (Wildman–Crippen LogP) is 16.5. The van der Waals surface area contributed by atoms with Crippen LogP contribution in [-0.2, 0) is 16.2 Å². The Morgan fingerprint density at radius 2 is 1.04 bits per heavy atom. The monoisotopic (exact) mass is 926 g/mol. The Morgan fingerprint density at radius 3 is 1.75 bits per heavy atom. The first kappa shape index (κ1) is 45.4. The van der Waals surface area contributed by atoms with Crippen molar-refractivity contribution in [1.29, 1.82) is 0 Å². The van der Waals surface area contributed by atoms with Crippen molar-refractivity contribution in [3.05, 3.63) is 198 Å². The molecule has 1 fully saturated rings. The van der Waals surface area contributed by atoms with Gasteiger partial charge in [0.2, 0.25) is 0 Å². The normalized spacial score (nSPS) is 19.3. The van der Waals surface area contributed by atoms with Gasteiger partial charge in [0, 0.05) is 50.8 Å². The Bertz CT molecular complexity index is 3340. The van der Waals surface area contributed by atoms with Crippen LogP contribution in [0.15, 0.2) is 176 Å². The molecule has 2 atom stereocenters. The largest absolute Gasteiger partial charge is 0.334 e. The summed E-state index contributed by atoms with van der Waals surface area (Å²) in [5, 5.41) is 0. The van der Waals surface area contributed by atoms with Crippen molar-refractivity contribution >= 4 is 68.6 Å². The van der Waals surface area contributed by atoms with Gasteiger partial charge in [-0.25, -0.2) is 0 Å². The number of rotatable bonds is 5. The summed E-state index contributed by atoms with van der Waals surface area (Å²) in [5.41, 5.74) is 24.3. The number of hydrogen-bond acceptors (Lipinski definition) is 3. The summed E-state index contributed by atoms with van der Waals surface area (Å²) in [6.07, 6.45) is 7.49.